The second-order valence-corrected chi connectivity index (χ2v) is 9.52. The highest BCUT2D eigenvalue weighted by molar-refractivity contribution is 6.34. The second-order valence-electron chi connectivity index (χ2n) is 9.11. The zero-order valence-corrected chi connectivity index (χ0v) is 21.8. The number of ether oxygens (including phenoxy) is 1. The predicted octanol–water partition coefficient (Wildman–Crippen LogP) is 3.91. The topological polar surface area (TPSA) is 77.5 Å². The van der Waals surface area contributed by atoms with Crippen molar-refractivity contribution in [1.29, 1.82) is 0 Å². The van der Waals surface area contributed by atoms with Crippen LogP contribution in [0.5, 0.6) is 0 Å². The van der Waals surface area contributed by atoms with E-state index in [1.165, 1.54) is 16.0 Å². The molecule has 0 aliphatic carbocycles. The maximum Gasteiger partial charge on any atom is 0.317 e. The van der Waals surface area contributed by atoms with Crippen LogP contribution in [-0.2, 0) is 9.53 Å². The fourth-order valence-corrected chi connectivity index (χ4v) is 4.75. The average Bonchev–Trinajstić information content (AvgIpc) is 3.35. The standard InChI is InChI=1S/C27H33ClFN5O3/c1-2-11-30-27(36)33(13-12-32-14-16-37-17-15-32)19-26(35)34-25(21-8-4-6-10-23(21)29)18-24(31-34)20-7-3-5-9-22(20)28/h3-10,25H,2,11-19H2,1H3,(H,30,36)/t25-/m1/s1. The summed E-state index contributed by atoms with van der Waals surface area (Å²) in [4.78, 5) is 30.3. The number of amides is 3. The van der Waals surface area contributed by atoms with Crippen molar-refractivity contribution < 1.29 is 18.7 Å². The molecule has 2 heterocycles. The Labute approximate surface area is 222 Å². The van der Waals surface area contributed by atoms with E-state index in [2.05, 4.69) is 15.3 Å². The van der Waals surface area contributed by atoms with Gasteiger partial charge >= 0.3 is 6.03 Å². The van der Waals surface area contributed by atoms with Crippen LogP contribution >= 0.6 is 11.6 Å². The molecular formula is C27H33ClFN5O3. The highest BCUT2D eigenvalue weighted by Crippen LogP contribution is 2.35. The first-order valence-corrected chi connectivity index (χ1v) is 13.1. The normalized spacial score (nSPS) is 18.0. The van der Waals surface area contributed by atoms with Gasteiger partial charge in [0, 0.05) is 55.3 Å². The third kappa shape index (κ3) is 6.85. The van der Waals surface area contributed by atoms with E-state index in [-0.39, 0.29) is 18.5 Å². The maximum absolute atomic E-state index is 14.8. The highest BCUT2D eigenvalue weighted by Gasteiger charge is 2.36. The van der Waals surface area contributed by atoms with Gasteiger partial charge in [0.25, 0.3) is 5.91 Å². The molecule has 0 spiro atoms. The van der Waals surface area contributed by atoms with Gasteiger partial charge in [0.2, 0.25) is 0 Å². The molecule has 37 heavy (non-hydrogen) atoms. The number of carbonyl (C=O) groups is 2. The number of nitrogens with one attached hydrogen (secondary N) is 1. The van der Waals surface area contributed by atoms with Crippen molar-refractivity contribution in [1.82, 2.24) is 20.1 Å². The number of hydrazone groups is 1. The van der Waals surface area contributed by atoms with Gasteiger partial charge in [-0.2, -0.15) is 5.10 Å². The summed E-state index contributed by atoms with van der Waals surface area (Å²) in [5, 5.41) is 9.30. The van der Waals surface area contributed by atoms with Gasteiger partial charge in [-0.3, -0.25) is 9.69 Å². The number of nitrogens with zero attached hydrogens (tertiary/aromatic N) is 4. The Morgan fingerprint density at radius 3 is 2.62 bits per heavy atom. The average molecular weight is 530 g/mol. The lowest BCUT2D eigenvalue weighted by atomic mass is 9.98. The quantitative estimate of drug-likeness (QED) is 0.534. The molecule has 2 aliphatic heterocycles. The molecule has 4 rings (SSSR count). The number of morpholine rings is 1. The van der Waals surface area contributed by atoms with Gasteiger partial charge in [-0.25, -0.2) is 14.2 Å². The first-order chi connectivity index (χ1) is 18.0. The molecule has 10 heteroatoms. The van der Waals surface area contributed by atoms with Gasteiger partial charge in [0.15, 0.2) is 0 Å². The largest absolute Gasteiger partial charge is 0.379 e. The molecule has 8 nitrogen and oxygen atoms in total. The van der Waals surface area contributed by atoms with E-state index in [0.717, 1.165) is 19.5 Å². The van der Waals surface area contributed by atoms with Gasteiger partial charge in [0.1, 0.15) is 12.4 Å². The van der Waals surface area contributed by atoms with E-state index >= 15 is 0 Å². The Morgan fingerprint density at radius 2 is 1.89 bits per heavy atom. The summed E-state index contributed by atoms with van der Waals surface area (Å²) in [6.07, 6.45) is 1.09. The first kappa shape index (κ1) is 27.0. The van der Waals surface area contributed by atoms with Crippen molar-refractivity contribution in [3.63, 3.8) is 0 Å². The van der Waals surface area contributed by atoms with Gasteiger partial charge in [-0.15, -0.1) is 0 Å². The molecule has 2 aromatic rings. The van der Waals surface area contributed by atoms with Crippen molar-refractivity contribution in [3.8, 4) is 0 Å². The molecule has 1 N–H and O–H groups in total. The van der Waals surface area contributed by atoms with E-state index in [1.807, 2.05) is 25.1 Å². The van der Waals surface area contributed by atoms with Crippen molar-refractivity contribution in [3.05, 3.63) is 70.5 Å². The molecule has 198 valence electrons. The SMILES string of the molecule is CCCNC(=O)N(CCN1CCOCC1)CC(=O)N1N=C(c2ccccc2Cl)C[C@@H]1c1ccccc1F. The minimum absolute atomic E-state index is 0.176. The number of hydrogen-bond acceptors (Lipinski definition) is 5. The molecule has 0 saturated carbocycles. The lowest BCUT2D eigenvalue weighted by molar-refractivity contribution is -0.133. The van der Waals surface area contributed by atoms with E-state index in [0.29, 0.717) is 61.1 Å². The molecule has 0 aromatic heterocycles. The summed E-state index contributed by atoms with van der Waals surface area (Å²) in [5.41, 5.74) is 1.67. The third-order valence-corrected chi connectivity index (χ3v) is 6.87. The molecule has 0 radical (unpaired) electrons. The summed E-state index contributed by atoms with van der Waals surface area (Å²) < 4.78 is 20.2. The van der Waals surface area contributed by atoms with Crippen LogP contribution < -0.4 is 5.32 Å². The fraction of sp³-hybridized carbons (Fsp3) is 0.444. The van der Waals surface area contributed by atoms with E-state index in [4.69, 9.17) is 16.3 Å². The molecule has 1 atom stereocenters. The minimum Gasteiger partial charge on any atom is -0.379 e. The molecular weight excluding hydrogens is 497 g/mol. The van der Waals surface area contributed by atoms with Crippen LogP contribution in [0, 0.1) is 5.82 Å². The zero-order chi connectivity index (χ0) is 26.2. The van der Waals surface area contributed by atoms with Crippen LogP contribution in [0.3, 0.4) is 0 Å². The molecule has 2 aliphatic rings. The Morgan fingerprint density at radius 1 is 1.16 bits per heavy atom. The second kappa shape index (κ2) is 13.0. The van der Waals surface area contributed by atoms with Crippen LogP contribution in [0.25, 0.3) is 0 Å². The van der Waals surface area contributed by atoms with Gasteiger partial charge < -0.3 is 15.0 Å². The maximum atomic E-state index is 14.8. The smallest absolute Gasteiger partial charge is 0.317 e. The molecule has 0 unspecified atom stereocenters. The lowest BCUT2D eigenvalue weighted by Gasteiger charge is -2.31. The van der Waals surface area contributed by atoms with Crippen molar-refractivity contribution in [2.75, 3.05) is 52.5 Å². The van der Waals surface area contributed by atoms with Crippen molar-refractivity contribution >= 4 is 29.3 Å². The van der Waals surface area contributed by atoms with Crippen molar-refractivity contribution in [2.24, 2.45) is 5.10 Å². The number of halogens is 2. The summed E-state index contributed by atoms with van der Waals surface area (Å²) in [7, 11) is 0. The third-order valence-electron chi connectivity index (χ3n) is 6.54. The molecule has 0 bridgehead atoms. The number of rotatable bonds is 9. The van der Waals surface area contributed by atoms with Gasteiger partial charge in [0.05, 0.1) is 25.0 Å². The van der Waals surface area contributed by atoms with Crippen LogP contribution in [0.4, 0.5) is 9.18 Å². The van der Waals surface area contributed by atoms with E-state index in [1.54, 1.807) is 24.3 Å². The number of carbonyl (C=O) groups excluding carboxylic acids is 2. The minimum atomic E-state index is -0.639. The van der Waals surface area contributed by atoms with E-state index in [9.17, 15) is 14.0 Å². The summed E-state index contributed by atoms with van der Waals surface area (Å²) >= 11 is 6.41. The highest BCUT2D eigenvalue weighted by atomic mass is 35.5. The summed E-state index contributed by atoms with van der Waals surface area (Å²) in [6, 6.07) is 12.7. The van der Waals surface area contributed by atoms with Crippen LogP contribution in [0.15, 0.2) is 53.6 Å². The molecule has 2 aromatic carbocycles. The zero-order valence-electron chi connectivity index (χ0n) is 21.0. The van der Waals surface area contributed by atoms with Crippen molar-refractivity contribution in [2.45, 2.75) is 25.8 Å². The lowest BCUT2D eigenvalue weighted by Crippen LogP contribution is -2.49. The molecule has 1 saturated heterocycles. The van der Waals surface area contributed by atoms with E-state index < -0.39 is 11.9 Å². The van der Waals surface area contributed by atoms with Crippen LogP contribution in [-0.4, -0.2) is 84.9 Å². The Bertz CT molecular complexity index is 1120. The molecule has 1 fully saturated rings. The van der Waals surface area contributed by atoms with Crippen LogP contribution in [0.1, 0.15) is 36.9 Å². The Balaban J connectivity index is 1.57. The molecule has 3 amide bonds. The summed E-state index contributed by atoms with van der Waals surface area (Å²) in [6.45, 7) is 6.18. The monoisotopic (exact) mass is 529 g/mol. The van der Waals surface area contributed by atoms with Gasteiger partial charge in [-0.1, -0.05) is 54.9 Å². The first-order valence-electron chi connectivity index (χ1n) is 12.7. The fourth-order valence-electron chi connectivity index (χ4n) is 4.50. The number of hydrogen-bond donors (Lipinski definition) is 1. The Kier molecular flexibility index (Phi) is 9.49. The predicted molar refractivity (Wildman–Crippen MR) is 141 cm³/mol. The van der Waals surface area contributed by atoms with Crippen LogP contribution in [0.2, 0.25) is 5.02 Å². The summed E-state index contributed by atoms with van der Waals surface area (Å²) in [5.74, 6) is -0.797. The number of urea groups is 1. The number of benzene rings is 2. The van der Waals surface area contributed by atoms with Gasteiger partial charge in [-0.05, 0) is 18.6 Å². The Hall–Kier alpha value is -3.01.